The van der Waals surface area contributed by atoms with Crippen molar-refractivity contribution < 1.29 is 4.79 Å². The van der Waals surface area contributed by atoms with Crippen LogP contribution in [0.15, 0.2) is 59.6 Å². The van der Waals surface area contributed by atoms with Gasteiger partial charge < -0.3 is 16.0 Å². The van der Waals surface area contributed by atoms with E-state index >= 15 is 0 Å². The zero-order valence-corrected chi connectivity index (χ0v) is 18.3. The Bertz CT molecular complexity index is 719. The van der Waals surface area contributed by atoms with Crippen molar-refractivity contribution in [2.24, 2.45) is 4.99 Å². The first kappa shape index (κ1) is 23.0. The molecule has 5 nitrogen and oxygen atoms in total. The lowest BCUT2D eigenvalue weighted by Crippen LogP contribution is -2.39. The molecular formula is C21H29IN4O. The number of amides is 1. The summed E-state index contributed by atoms with van der Waals surface area (Å²) in [4.78, 5) is 16.1. The Morgan fingerprint density at radius 3 is 2.22 bits per heavy atom. The fourth-order valence-corrected chi connectivity index (χ4v) is 2.65. The number of rotatable bonds is 8. The number of nitrogens with zero attached hydrogens (tertiary/aromatic N) is 1. The molecule has 0 fully saturated rings. The molecule has 2 rings (SSSR count). The van der Waals surface area contributed by atoms with Crippen LogP contribution >= 0.6 is 24.0 Å². The molecular weight excluding hydrogens is 451 g/mol. The molecule has 0 aromatic heterocycles. The maximum atomic E-state index is 11.9. The van der Waals surface area contributed by atoms with Crippen molar-refractivity contribution in [1.29, 1.82) is 0 Å². The lowest BCUT2D eigenvalue weighted by atomic mass is 10.1. The monoisotopic (exact) mass is 480 g/mol. The summed E-state index contributed by atoms with van der Waals surface area (Å²) in [6, 6.07) is 18.3. The van der Waals surface area contributed by atoms with Crippen molar-refractivity contribution in [3.63, 3.8) is 0 Å². The van der Waals surface area contributed by atoms with E-state index in [1.807, 2.05) is 36.4 Å². The average molecular weight is 480 g/mol. The molecule has 0 atom stereocenters. The van der Waals surface area contributed by atoms with Gasteiger partial charge in [0.15, 0.2) is 5.96 Å². The first-order chi connectivity index (χ1) is 12.7. The minimum absolute atomic E-state index is 0. The normalized spacial score (nSPS) is 10.7. The first-order valence-corrected chi connectivity index (χ1v) is 9.04. The highest BCUT2D eigenvalue weighted by Gasteiger charge is 2.04. The largest absolute Gasteiger partial charge is 0.356 e. The summed E-state index contributed by atoms with van der Waals surface area (Å²) in [5.41, 5.74) is 3.69. The van der Waals surface area contributed by atoms with Gasteiger partial charge in [-0.15, -0.1) is 24.0 Å². The molecule has 2 aromatic rings. The molecule has 0 heterocycles. The number of aryl methyl sites for hydroxylation is 1. The number of guanidine groups is 1. The van der Waals surface area contributed by atoms with Crippen molar-refractivity contribution in [3.05, 3.63) is 71.3 Å². The van der Waals surface area contributed by atoms with E-state index in [0.29, 0.717) is 32.0 Å². The lowest BCUT2D eigenvalue weighted by Gasteiger charge is -2.13. The van der Waals surface area contributed by atoms with Crippen LogP contribution in [0.4, 0.5) is 0 Å². The number of hydrogen-bond acceptors (Lipinski definition) is 2. The Hall–Kier alpha value is -2.09. The molecule has 1 amide bonds. The predicted octanol–water partition coefficient (Wildman–Crippen LogP) is 3.24. The van der Waals surface area contributed by atoms with E-state index < -0.39 is 0 Å². The summed E-state index contributed by atoms with van der Waals surface area (Å²) in [7, 11) is 1.73. The highest BCUT2D eigenvalue weighted by Crippen LogP contribution is 2.08. The van der Waals surface area contributed by atoms with Gasteiger partial charge in [-0.05, 0) is 23.1 Å². The molecule has 3 N–H and O–H groups in total. The molecule has 0 radical (unpaired) electrons. The van der Waals surface area contributed by atoms with Crippen molar-refractivity contribution in [3.8, 4) is 0 Å². The van der Waals surface area contributed by atoms with E-state index in [2.05, 4.69) is 46.1 Å². The maximum absolute atomic E-state index is 11.9. The third-order valence-electron chi connectivity index (χ3n) is 4.15. The van der Waals surface area contributed by atoms with Gasteiger partial charge in [0.1, 0.15) is 0 Å². The molecule has 0 aliphatic rings. The third kappa shape index (κ3) is 8.43. The SMILES string of the molecule is CCc1ccccc1CNC(=NC)NCCC(=O)NCc1ccccc1.I. The Kier molecular flexibility index (Phi) is 11.2. The third-order valence-corrected chi connectivity index (χ3v) is 4.15. The number of carbonyl (C=O) groups is 1. The van der Waals surface area contributed by atoms with Gasteiger partial charge in [0.05, 0.1) is 0 Å². The summed E-state index contributed by atoms with van der Waals surface area (Å²) in [5, 5.41) is 9.41. The molecule has 27 heavy (non-hydrogen) atoms. The fourth-order valence-electron chi connectivity index (χ4n) is 2.65. The summed E-state index contributed by atoms with van der Waals surface area (Å²) < 4.78 is 0. The van der Waals surface area contributed by atoms with E-state index in [-0.39, 0.29) is 29.9 Å². The van der Waals surface area contributed by atoms with Crippen LogP contribution < -0.4 is 16.0 Å². The molecule has 0 bridgehead atoms. The Labute approximate surface area is 179 Å². The van der Waals surface area contributed by atoms with Crippen LogP contribution in [0.3, 0.4) is 0 Å². The number of benzene rings is 2. The maximum Gasteiger partial charge on any atom is 0.222 e. The molecule has 0 spiro atoms. The zero-order chi connectivity index (χ0) is 18.6. The fraction of sp³-hybridized carbons (Fsp3) is 0.333. The summed E-state index contributed by atoms with van der Waals surface area (Å²) in [6.45, 7) is 3.96. The molecule has 0 saturated heterocycles. The van der Waals surface area contributed by atoms with Crippen molar-refractivity contribution in [1.82, 2.24) is 16.0 Å². The summed E-state index contributed by atoms with van der Waals surface area (Å²) in [5.74, 6) is 0.722. The van der Waals surface area contributed by atoms with Crippen LogP contribution in [0.1, 0.15) is 30.0 Å². The zero-order valence-electron chi connectivity index (χ0n) is 16.0. The molecule has 0 aliphatic heterocycles. The van der Waals surface area contributed by atoms with Crippen LogP contribution in [-0.2, 0) is 24.3 Å². The van der Waals surface area contributed by atoms with Crippen molar-refractivity contribution >= 4 is 35.8 Å². The standard InChI is InChI=1S/C21H28N4O.HI/c1-3-18-11-7-8-12-19(18)16-25-21(22-2)23-14-13-20(26)24-15-17-9-5-4-6-10-17;/h4-12H,3,13-16H2,1-2H3,(H,24,26)(H2,22,23,25);1H. The minimum Gasteiger partial charge on any atom is -0.356 e. The van der Waals surface area contributed by atoms with Gasteiger partial charge in [-0.1, -0.05) is 61.5 Å². The van der Waals surface area contributed by atoms with Gasteiger partial charge in [0.2, 0.25) is 5.91 Å². The topological polar surface area (TPSA) is 65.5 Å². The number of carbonyl (C=O) groups excluding carboxylic acids is 1. The first-order valence-electron chi connectivity index (χ1n) is 9.04. The van der Waals surface area contributed by atoms with E-state index in [0.717, 1.165) is 12.0 Å². The van der Waals surface area contributed by atoms with Crippen LogP contribution in [0.25, 0.3) is 0 Å². The van der Waals surface area contributed by atoms with E-state index in [1.165, 1.54) is 11.1 Å². The van der Waals surface area contributed by atoms with Gasteiger partial charge in [-0.25, -0.2) is 0 Å². The van der Waals surface area contributed by atoms with Crippen molar-refractivity contribution in [2.45, 2.75) is 32.9 Å². The quantitative estimate of drug-likeness (QED) is 0.309. The number of aliphatic imine (C=N–C) groups is 1. The second-order valence-corrected chi connectivity index (χ2v) is 5.99. The molecule has 6 heteroatoms. The van der Waals surface area contributed by atoms with Gasteiger partial charge in [-0.2, -0.15) is 0 Å². The van der Waals surface area contributed by atoms with E-state index in [4.69, 9.17) is 0 Å². The van der Waals surface area contributed by atoms with Gasteiger partial charge in [-0.3, -0.25) is 9.79 Å². The number of nitrogens with one attached hydrogen (secondary N) is 3. The van der Waals surface area contributed by atoms with Gasteiger partial charge in [0.25, 0.3) is 0 Å². The second-order valence-electron chi connectivity index (χ2n) is 5.99. The molecule has 0 unspecified atom stereocenters. The predicted molar refractivity (Wildman–Crippen MR) is 122 cm³/mol. The highest BCUT2D eigenvalue weighted by molar-refractivity contribution is 14.0. The Morgan fingerprint density at radius 1 is 0.889 bits per heavy atom. The molecule has 0 saturated carbocycles. The molecule has 0 aliphatic carbocycles. The number of halogens is 1. The van der Waals surface area contributed by atoms with Crippen LogP contribution in [0.2, 0.25) is 0 Å². The van der Waals surface area contributed by atoms with Crippen molar-refractivity contribution in [2.75, 3.05) is 13.6 Å². The Balaban J connectivity index is 0.00000364. The van der Waals surface area contributed by atoms with Gasteiger partial charge >= 0.3 is 0 Å². The van der Waals surface area contributed by atoms with E-state index in [1.54, 1.807) is 7.05 Å². The van der Waals surface area contributed by atoms with E-state index in [9.17, 15) is 4.79 Å². The summed E-state index contributed by atoms with van der Waals surface area (Å²) in [6.07, 6.45) is 1.41. The molecule has 2 aromatic carbocycles. The van der Waals surface area contributed by atoms with Crippen LogP contribution in [0.5, 0.6) is 0 Å². The van der Waals surface area contributed by atoms with Gasteiger partial charge in [0, 0.05) is 33.1 Å². The highest BCUT2D eigenvalue weighted by atomic mass is 127. The van der Waals surface area contributed by atoms with Crippen LogP contribution in [0, 0.1) is 0 Å². The second kappa shape index (κ2) is 13.1. The molecule has 146 valence electrons. The Morgan fingerprint density at radius 2 is 1.56 bits per heavy atom. The average Bonchev–Trinajstić information content (AvgIpc) is 2.70. The smallest absolute Gasteiger partial charge is 0.222 e. The lowest BCUT2D eigenvalue weighted by molar-refractivity contribution is -0.121. The summed E-state index contributed by atoms with van der Waals surface area (Å²) >= 11 is 0. The minimum atomic E-state index is 0. The number of hydrogen-bond donors (Lipinski definition) is 3. The van der Waals surface area contributed by atoms with Crippen LogP contribution in [-0.4, -0.2) is 25.5 Å².